The van der Waals surface area contributed by atoms with Gasteiger partial charge in [-0.05, 0) is 36.4 Å². The van der Waals surface area contributed by atoms with Crippen LogP contribution in [0.4, 0.5) is 4.39 Å². The highest BCUT2D eigenvalue weighted by molar-refractivity contribution is 7.89. The quantitative estimate of drug-likeness (QED) is 0.841. The van der Waals surface area contributed by atoms with Crippen molar-refractivity contribution in [1.29, 1.82) is 0 Å². The Bertz CT molecular complexity index is 799. The molecule has 1 aliphatic heterocycles. The van der Waals surface area contributed by atoms with Crippen molar-refractivity contribution in [3.05, 3.63) is 54.1 Å². The Morgan fingerprint density at radius 3 is 2.48 bits per heavy atom. The van der Waals surface area contributed by atoms with Gasteiger partial charge in [0.25, 0.3) is 0 Å². The Balaban J connectivity index is 1.78. The van der Waals surface area contributed by atoms with Gasteiger partial charge in [-0.3, -0.25) is 4.90 Å². The molecule has 0 spiro atoms. The molecule has 1 aliphatic rings. The summed E-state index contributed by atoms with van der Waals surface area (Å²) in [7, 11) is -1.76. The lowest BCUT2D eigenvalue weighted by atomic mass is 10.1. The summed E-state index contributed by atoms with van der Waals surface area (Å²) >= 11 is 0. The predicted octanol–water partition coefficient (Wildman–Crippen LogP) is 1.52. The minimum absolute atomic E-state index is 0.0570. The van der Waals surface area contributed by atoms with Gasteiger partial charge in [-0.25, -0.2) is 17.5 Å². The predicted molar refractivity (Wildman–Crippen MR) is 92.1 cm³/mol. The van der Waals surface area contributed by atoms with Gasteiger partial charge < -0.3 is 9.30 Å². The Labute approximate surface area is 147 Å². The SMILES string of the molecule is Cn1cccc1[C@H](CNS(=O)(=O)c1ccc(F)cc1)N1CCOCC1. The fourth-order valence-corrected chi connectivity index (χ4v) is 4.05. The van der Waals surface area contributed by atoms with Crippen LogP contribution in [-0.2, 0) is 21.8 Å². The number of nitrogens with zero attached hydrogens (tertiary/aromatic N) is 2. The van der Waals surface area contributed by atoms with Gasteiger partial charge in [0.1, 0.15) is 5.82 Å². The van der Waals surface area contributed by atoms with Gasteiger partial charge in [0.15, 0.2) is 0 Å². The first-order valence-electron chi connectivity index (χ1n) is 8.15. The minimum atomic E-state index is -3.70. The molecule has 1 N–H and O–H groups in total. The first-order chi connectivity index (χ1) is 12.0. The third-order valence-corrected chi connectivity index (χ3v) is 5.84. The van der Waals surface area contributed by atoms with Crippen LogP contribution in [-0.4, -0.2) is 50.7 Å². The standard InChI is InChI=1S/C17H22FN3O3S/c1-20-8-2-3-16(20)17(21-9-11-24-12-10-21)13-19-25(22,23)15-6-4-14(18)5-7-15/h2-8,17,19H,9-13H2,1H3/t17-/m0/s1. The number of benzene rings is 1. The summed E-state index contributed by atoms with van der Waals surface area (Å²) in [5.74, 6) is -0.464. The van der Waals surface area contributed by atoms with Crippen molar-refractivity contribution >= 4 is 10.0 Å². The molecule has 0 amide bonds. The molecule has 1 saturated heterocycles. The van der Waals surface area contributed by atoms with Gasteiger partial charge in [0.05, 0.1) is 24.2 Å². The van der Waals surface area contributed by atoms with E-state index >= 15 is 0 Å². The summed E-state index contributed by atoms with van der Waals surface area (Å²) in [5, 5.41) is 0. The number of halogens is 1. The lowest BCUT2D eigenvalue weighted by Crippen LogP contribution is -2.44. The van der Waals surface area contributed by atoms with E-state index in [9.17, 15) is 12.8 Å². The fourth-order valence-electron chi connectivity index (χ4n) is 3.02. The lowest BCUT2D eigenvalue weighted by Gasteiger charge is -2.34. The van der Waals surface area contributed by atoms with E-state index in [2.05, 4.69) is 9.62 Å². The lowest BCUT2D eigenvalue weighted by molar-refractivity contribution is 0.0158. The molecule has 0 unspecified atom stereocenters. The van der Waals surface area contributed by atoms with E-state index in [1.807, 2.05) is 29.9 Å². The molecule has 6 nitrogen and oxygen atoms in total. The molecule has 136 valence electrons. The van der Waals surface area contributed by atoms with Gasteiger partial charge in [0, 0.05) is 38.6 Å². The molecule has 0 saturated carbocycles. The number of hydrogen-bond donors (Lipinski definition) is 1. The number of morpholine rings is 1. The van der Waals surface area contributed by atoms with Gasteiger partial charge in [-0.2, -0.15) is 0 Å². The van der Waals surface area contributed by atoms with E-state index in [4.69, 9.17) is 4.74 Å². The number of nitrogens with one attached hydrogen (secondary N) is 1. The fraction of sp³-hybridized carbons (Fsp3) is 0.412. The largest absolute Gasteiger partial charge is 0.379 e. The van der Waals surface area contributed by atoms with Crippen molar-refractivity contribution in [3.8, 4) is 0 Å². The number of hydrogen-bond acceptors (Lipinski definition) is 4. The molecule has 0 radical (unpaired) electrons. The number of ether oxygens (including phenoxy) is 1. The Morgan fingerprint density at radius 1 is 1.20 bits per heavy atom. The molecular weight excluding hydrogens is 345 g/mol. The van der Waals surface area contributed by atoms with Crippen LogP contribution in [0.25, 0.3) is 0 Å². The highest BCUT2D eigenvalue weighted by Crippen LogP contribution is 2.22. The van der Waals surface area contributed by atoms with Crippen LogP contribution in [0.15, 0.2) is 47.5 Å². The van der Waals surface area contributed by atoms with E-state index in [1.165, 1.54) is 12.1 Å². The molecule has 0 bridgehead atoms. The zero-order valence-corrected chi connectivity index (χ0v) is 14.9. The number of aryl methyl sites for hydroxylation is 1. The molecule has 3 rings (SSSR count). The molecule has 1 aromatic heterocycles. The first kappa shape index (κ1) is 18.1. The smallest absolute Gasteiger partial charge is 0.240 e. The molecule has 25 heavy (non-hydrogen) atoms. The van der Waals surface area contributed by atoms with Gasteiger partial charge in [-0.1, -0.05) is 0 Å². The van der Waals surface area contributed by atoms with Crippen LogP contribution in [0, 0.1) is 5.82 Å². The van der Waals surface area contributed by atoms with Crippen molar-refractivity contribution in [2.45, 2.75) is 10.9 Å². The van der Waals surface area contributed by atoms with Gasteiger partial charge in [-0.15, -0.1) is 0 Å². The topological polar surface area (TPSA) is 63.6 Å². The van der Waals surface area contributed by atoms with E-state index in [0.717, 1.165) is 30.9 Å². The Morgan fingerprint density at radius 2 is 1.88 bits per heavy atom. The van der Waals surface area contributed by atoms with Crippen LogP contribution >= 0.6 is 0 Å². The molecule has 1 fully saturated rings. The third kappa shape index (κ3) is 4.27. The maximum atomic E-state index is 13.0. The maximum Gasteiger partial charge on any atom is 0.240 e. The number of sulfonamides is 1. The van der Waals surface area contributed by atoms with Crippen LogP contribution in [0.5, 0.6) is 0 Å². The van der Waals surface area contributed by atoms with Crippen molar-refractivity contribution in [2.75, 3.05) is 32.8 Å². The van der Waals surface area contributed by atoms with Crippen molar-refractivity contribution < 1.29 is 17.5 Å². The maximum absolute atomic E-state index is 13.0. The number of rotatable bonds is 6. The summed E-state index contributed by atoms with van der Waals surface area (Å²) in [6.07, 6.45) is 1.94. The number of aromatic nitrogens is 1. The zero-order valence-electron chi connectivity index (χ0n) is 14.1. The summed E-state index contributed by atoms with van der Waals surface area (Å²) in [5.41, 5.74) is 1.03. The van der Waals surface area contributed by atoms with Crippen LogP contribution in [0.1, 0.15) is 11.7 Å². The summed E-state index contributed by atoms with van der Waals surface area (Å²) in [6, 6.07) is 8.66. The van der Waals surface area contributed by atoms with Crippen molar-refractivity contribution in [1.82, 2.24) is 14.2 Å². The van der Waals surface area contributed by atoms with E-state index in [1.54, 1.807) is 0 Å². The molecular formula is C17H22FN3O3S. The highest BCUT2D eigenvalue weighted by Gasteiger charge is 2.26. The normalized spacial score (nSPS) is 17.5. The molecule has 1 atom stereocenters. The van der Waals surface area contributed by atoms with E-state index in [-0.39, 0.29) is 17.5 Å². The summed E-state index contributed by atoms with van der Waals surface area (Å²) in [6.45, 7) is 2.98. The van der Waals surface area contributed by atoms with Gasteiger partial charge in [0.2, 0.25) is 10.0 Å². The minimum Gasteiger partial charge on any atom is -0.379 e. The molecule has 2 aromatic rings. The monoisotopic (exact) mass is 367 g/mol. The second kappa shape index (κ2) is 7.65. The molecule has 8 heteroatoms. The van der Waals surface area contributed by atoms with Crippen LogP contribution < -0.4 is 4.72 Å². The molecule has 1 aromatic carbocycles. The second-order valence-electron chi connectivity index (χ2n) is 6.01. The van der Waals surface area contributed by atoms with Gasteiger partial charge >= 0.3 is 0 Å². The van der Waals surface area contributed by atoms with Crippen LogP contribution in [0.3, 0.4) is 0 Å². The Kier molecular flexibility index (Phi) is 5.53. The summed E-state index contributed by atoms with van der Waals surface area (Å²) < 4.78 is 48.1. The average molecular weight is 367 g/mol. The third-order valence-electron chi connectivity index (χ3n) is 4.40. The van der Waals surface area contributed by atoms with Crippen molar-refractivity contribution in [2.24, 2.45) is 7.05 Å². The average Bonchev–Trinajstić information content (AvgIpc) is 3.02. The zero-order chi connectivity index (χ0) is 17.9. The summed E-state index contributed by atoms with van der Waals surface area (Å²) in [4.78, 5) is 2.27. The molecule has 0 aliphatic carbocycles. The van der Waals surface area contributed by atoms with Crippen molar-refractivity contribution in [3.63, 3.8) is 0 Å². The Hall–Kier alpha value is -1.74. The first-order valence-corrected chi connectivity index (χ1v) is 9.64. The highest BCUT2D eigenvalue weighted by atomic mass is 32.2. The van der Waals surface area contributed by atoms with E-state index in [0.29, 0.717) is 13.2 Å². The second-order valence-corrected chi connectivity index (χ2v) is 7.78. The van der Waals surface area contributed by atoms with Crippen LogP contribution in [0.2, 0.25) is 0 Å². The molecule has 2 heterocycles. The van der Waals surface area contributed by atoms with E-state index < -0.39 is 15.8 Å².